The Hall–Kier alpha value is -2.37. The minimum Gasteiger partial charge on any atom is -0.370 e. The van der Waals surface area contributed by atoms with E-state index in [1.54, 1.807) is 18.7 Å². The average molecular weight is 272 g/mol. The lowest BCUT2D eigenvalue weighted by Crippen LogP contribution is -2.32. The van der Waals surface area contributed by atoms with Crippen LogP contribution in [-0.4, -0.2) is 27.0 Å². The van der Waals surface area contributed by atoms with Gasteiger partial charge in [0, 0.05) is 25.1 Å². The molecule has 0 radical (unpaired) electrons. The molecule has 2 aromatic rings. The minimum absolute atomic E-state index is 0.483. The van der Waals surface area contributed by atoms with E-state index in [9.17, 15) is 0 Å². The number of hydrogen-bond donors (Lipinski definition) is 2. The first-order valence-corrected chi connectivity index (χ1v) is 6.76. The fourth-order valence-electron chi connectivity index (χ4n) is 1.68. The molecule has 0 fully saturated rings. The molecule has 0 unspecified atom stereocenters. The maximum Gasteiger partial charge on any atom is 0.188 e. The Morgan fingerprint density at radius 3 is 3.00 bits per heavy atom. The molecule has 2 rings (SSSR count). The summed E-state index contributed by atoms with van der Waals surface area (Å²) in [5.74, 6) is 1.32. The lowest BCUT2D eigenvalue weighted by atomic mass is 10.3. The summed E-state index contributed by atoms with van der Waals surface area (Å²) < 4.78 is 1.85. The van der Waals surface area contributed by atoms with Crippen LogP contribution < -0.4 is 11.1 Å². The van der Waals surface area contributed by atoms with Gasteiger partial charge in [-0.2, -0.15) is 0 Å². The number of unbranched alkanes of at least 4 members (excludes halogenated alkanes) is 1. The van der Waals surface area contributed by atoms with Crippen LogP contribution in [0.4, 0.5) is 0 Å². The molecule has 0 amide bonds. The molecule has 2 heterocycles. The van der Waals surface area contributed by atoms with Crippen molar-refractivity contribution >= 4 is 5.96 Å². The van der Waals surface area contributed by atoms with E-state index >= 15 is 0 Å². The van der Waals surface area contributed by atoms with Crippen molar-refractivity contribution in [2.75, 3.05) is 6.54 Å². The van der Waals surface area contributed by atoms with E-state index in [0.717, 1.165) is 30.8 Å². The van der Waals surface area contributed by atoms with Crippen LogP contribution in [0, 0.1) is 0 Å². The highest BCUT2D eigenvalue weighted by Gasteiger charge is 1.98. The van der Waals surface area contributed by atoms with E-state index in [4.69, 9.17) is 5.73 Å². The van der Waals surface area contributed by atoms with Gasteiger partial charge < -0.3 is 11.1 Å². The largest absolute Gasteiger partial charge is 0.370 e. The van der Waals surface area contributed by atoms with Gasteiger partial charge in [-0.15, -0.1) is 0 Å². The zero-order valence-corrected chi connectivity index (χ0v) is 11.7. The zero-order chi connectivity index (χ0) is 14.2. The van der Waals surface area contributed by atoms with Crippen LogP contribution in [0.3, 0.4) is 0 Å². The number of nitrogens with two attached hydrogens (primary N) is 1. The van der Waals surface area contributed by atoms with Gasteiger partial charge >= 0.3 is 0 Å². The second kappa shape index (κ2) is 7.28. The minimum atomic E-state index is 0.483. The number of hydrogen-bond acceptors (Lipinski definition) is 3. The Labute approximate surface area is 118 Å². The summed E-state index contributed by atoms with van der Waals surface area (Å²) in [5.41, 5.74) is 6.80. The van der Waals surface area contributed by atoms with Crippen LogP contribution in [0.5, 0.6) is 0 Å². The number of imidazole rings is 1. The second-order valence-corrected chi connectivity index (χ2v) is 4.48. The molecule has 0 atom stereocenters. The Morgan fingerprint density at radius 1 is 1.45 bits per heavy atom. The van der Waals surface area contributed by atoms with Crippen molar-refractivity contribution in [2.24, 2.45) is 10.7 Å². The normalized spacial score (nSPS) is 11.6. The quantitative estimate of drug-likeness (QED) is 0.474. The SMILES string of the molecule is CCCCNC(N)=NCc1ccc(-n2ccnc2)nc1. The molecule has 0 aliphatic heterocycles. The number of nitrogens with one attached hydrogen (secondary N) is 1. The van der Waals surface area contributed by atoms with Crippen molar-refractivity contribution in [2.45, 2.75) is 26.3 Å². The number of rotatable bonds is 6. The highest BCUT2D eigenvalue weighted by molar-refractivity contribution is 5.77. The highest BCUT2D eigenvalue weighted by atomic mass is 15.1. The Balaban J connectivity index is 1.89. The molecule has 3 N–H and O–H groups in total. The number of aromatic nitrogens is 3. The number of aliphatic imine (C=N–C) groups is 1. The van der Waals surface area contributed by atoms with Gasteiger partial charge in [-0.3, -0.25) is 4.57 Å². The van der Waals surface area contributed by atoms with Crippen LogP contribution in [0.15, 0.2) is 42.0 Å². The molecule has 0 saturated heterocycles. The van der Waals surface area contributed by atoms with Crippen LogP contribution in [0.2, 0.25) is 0 Å². The number of pyridine rings is 1. The first kappa shape index (κ1) is 14.0. The molecule has 0 aromatic carbocycles. The molecule has 20 heavy (non-hydrogen) atoms. The predicted molar refractivity (Wildman–Crippen MR) is 79.6 cm³/mol. The second-order valence-electron chi connectivity index (χ2n) is 4.48. The predicted octanol–water partition coefficient (Wildman–Crippen LogP) is 1.47. The fraction of sp³-hybridized carbons (Fsp3) is 0.357. The van der Waals surface area contributed by atoms with Gasteiger partial charge in [-0.1, -0.05) is 19.4 Å². The van der Waals surface area contributed by atoms with Gasteiger partial charge in [0.25, 0.3) is 0 Å². The Kier molecular flexibility index (Phi) is 5.11. The van der Waals surface area contributed by atoms with Crippen LogP contribution >= 0.6 is 0 Å². The van der Waals surface area contributed by atoms with Crippen molar-refractivity contribution in [1.29, 1.82) is 0 Å². The van der Waals surface area contributed by atoms with E-state index < -0.39 is 0 Å². The molecule has 0 saturated carbocycles. The van der Waals surface area contributed by atoms with Crippen LogP contribution in [0.1, 0.15) is 25.3 Å². The number of guanidine groups is 1. The smallest absolute Gasteiger partial charge is 0.188 e. The van der Waals surface area contributed by atoms with Crippen LogP contribution in [0.25, 0.3) is 5.82 Å². The van der Waals surface area contributed by atoms with Crippen molar-refractivity contribution in [3.63, 3.8) is 0 Å². The summed E-state index contributed by atoms with van der Waals surface area (Å²) in [6.45, 7) is 3.54. The highest BCUT2D eigenvalue weighted by Crippen LogP contribution is 2.06. The van der Waals surface area contributed by atoms with Gasteiger partial charge in [-0.05, 0) is 18.1 Å². The summed E-state index contributed by atoms with van der Waals surface area (Å²) >= 11 is 0. The molecule has 6 heteroatoms. The van der Waals surface area contributed by atoms with Gasteiger partial charge in [0.05, 0.1) is 6.54 Å². The topological polar surface area (TPSA) is 81.1 Å². The molecule has 0 aliphatic rings. The molecular weight excluding hydrogens is 252 g/mol. The standard InChI is InChI=1S/C14H20N6/c1-2-3-6-17-14(15)19-10-12-4-5-13(18-9-12)20-8-7-16-11-20/h4-5,7-9,11H,2-3,6,10H2,1H3,(H3,15,17,19). The molecular formula is C14H20N6. The van der Waals surface area contributed by atoms with Gasteiger partial charge in [0.15, 0.2) is 5.96 Å². The average Bonchev–Trinajstić information content (AvgIpc) is 3.00. The molecule has 106 valence electrons. The van der Waals surface area contributed by atoms with Crippen molar-refractivity contribution in [1.82, 2.24) is 19.9 Å². The fourth-order valence-corrected chi connectivity index (χ4v) is 1.68. The van der Waals surface area contributed by atoms with Gasteiger partial charge in [0.1, 0.15) is 12.1 Å². The van der Waals surface area contributed by atoms with Crippen molar-refractivity contribution in [3.05, 3.63) is 42.6 Å². The Morgan fingerprint density at radius 2 is 2.35 bits per heavy atom. The molecule has 6 nitrogen and oxygen atoms in total. The maximum atomic E-state index is 5.78. The summed E-state index contributed by atoms with van der Waals surface area (Å²) in [6.07, 6.45) is 9.34. The van der Waals surface area contributed by atoms with E-state index in [0.29, 0.717) is 12.5 Å². The van der Waals surface area contributed by atoms with Crippen molar-refractivity contribution in [3.8, 4) is 5.82 Å². The van der Waals surface area contributed by atoms with Gasteiger partial charge in [0.2, 0.25) is 0 Å². The molecule has 0 spiro atoms. The summed E-state index contributed by atoms with van der Waals surface area (Å²) in [6, 6.07) is 3.93. The van der Waals surface area contributed by atoms with E-state index in [-0.39, 0.29) is 0 Å². The summed E-state index contributed by atoms with van der Waals surface area (Å²) in [4.78, 5) is 12.6. The third-order valence-corrected chi connectivity index (χ3v) is 2.85. The summed E-state index contributed by atoms with van der Waals surface area (Å²) in [5, 5.41) is 3.08. The third-order valence-electron chi connectivity index (χ3n) is 2.85. The zero-order valence-electron chi connectivity index (χ0n) is 11.7. The maximum absolute atomic E-state index is 5.78. The van der Waals surface area contributed by atoms with Crippen LogP contribution in [-0.2, 0) is 6.54 Å². The van der Waals surface area contributed by atoms with E-state index in [2.05, 4.69) is 27.2 Å². The first-order valence-electron chi connectivity index (χ1n) is 6.76. The van der Waals surface area contributed by atoms with E-state index in [1.165, 1.54) is 0 Å². The van der Waals surface area contributed by atoms with E-state index in [1.807, 2.05) is 22.9 Å². The molecule has 0 aliphatic carbocycles. The molecule has 0 bridgehead atoms. The lowest BCUT2D eigenvalue weighted by Gasteiger charge is -2.05. The lowest BCUT2D eigenvalue weighted by molar-refractivity contribution is 0.748. The Bertz CT molecular complexity index is 529. The third kappa shape index (κ3) is 4.08. The summed E-state index contributed by atoms with van der Waals surface area (Å²) in [7, 11) is 0. The number of nitrogens with zero attached hydrogens (tertiary/aromatic N) is 4. The first-order chi connectivity index (χ1) is 9.79. The molecule has 2 aromatic heterocycles. The van der Waals surface area contributed by atoms with Crippen molar-refractivity contribution < 1.29 is 0 Å². The van der Waals surface area contributed by atoms with Gasteiger partial charge in [-0.25, -0.2) is 15.0 Å². The monoisotopic (exact) mass is 272 g/mol.